The van der Waals surface area contributed by atoms with Crippen LogP contribution in [0.5, 0.6) is 0 Å². The first-order valence-corrected chi connectivity index (χ1v) is 13.2. The topological polar surface area (TPSA) is 60.7 Å². The number of hydrogen-bond acceptors (Lipinski definition) is 3. The van der Waals surface area contributed by atoms with Crippen molar-refractivity contribution in [3.05, 3.63) is 0 Å². The number of hydrogen-bond donors (Lipinski definition) is 3. The Morgan fingerprint density at radius 3 is 2.27 bits per heavy atom. The van der Waals surface area contributed by atoms with Gasteiger partial charge in [-0.25, -0.2) is 0 Å². The molecule has 4 aliphatic rings. The van der Waals surface area contributed by atoms with E-state index in [0.717, 1.165) is 44.9 Å². The molecule has 0 amide bonds. The fourth-order valence-electron chi connectivity index (χ4n) is 9.38. The van der Waals surface area contributed by atoms with Gasteiger partial charge in [-0.05, 0) is 105 Å². The quantitative estimate of drug-likeness (QED) is 0.483. The van der Waals surface area contributed by atoms with Gasteiger partial charge in [-0.3, -0.25) is 0 Å². The van der Waals surface area contributed by atoms with Crippen LogP contribution in [0, 0.1) is 40.4 Å². The Labute approximate surface area is 185 Å². The molecule has 4 rings (SSSR count). The summed E-state index contributed by atoms with van der Waals surface area (Å²) in [5.74, 6) is 2.59. The Bertz CT molecular complexity index is 603. The molecule has 4 unspecified atom stereocenters. The molecule has 0 aliphatic heterocycles. The van der Waals surface area contributed by atoms with Crippen LogP contribution in [0.2, 0.25) is 0 Å². The summed E-state index contributed by atoms with van der Waals surface area (Å²) in [6, 6.07) is 0. The van der Waals surface area contributed by atoms with Gasteiger partial charge in [-0.15, -0.1) is 0 Å². The summed E-state index contributed by atoms with van der Waals surface area (Å²) in [6.45, 7) is 9.29. The molecule has 10 atom stereocenters. The zero-order valence-corrected chi connectivity index (χ0v) is 20.1. The van der Waals surface area contributed by atoms with Crippen LogP contribution in [0.25, 0.3) is 0 Å². The highest BCUT2D eigenvalue weighted by molar-refractivity contribution is 5.13. The van der Waals surface area contributed by atoms with Crippen molar-refractivity contribution in [3.63, 3.8) is 0 Å². The molecule has 4 fully saturated rings. The summed E-state index contributed by atoms with van der Waals surface area (Å²) >= 11 is 0. The molecule has 3 N–H and O–H groups in total. The van der Waals surface area contributed by atoms with Gasteiger partial charge in [0.15, 0.2) is 0 Å². The Kier molecular flexibility index (Phi) is 6.41. The van der Waals surface area contributed by atoms with Crippen molar-refractivity contribution in [2.75, 3.05) is 0 Å². The Balaban J connectivity index is 1.52. The van der Waals surface area contributed by atoms with Crippen LogP contribution >= 0.6 is 0 Å². The van der Waals surface area contributed by atoms with Gasteiger partial charge in [-0.2, -0.15) is 0 Å². The molecular weight excluding hydrogens is 372 g/mol. The third-order valence-corrected chi connectivity index (χ3v) is 10.9. The molecule has 0 bridgehead atoms. The van der Waals surface area contributed by atoms with E-state index in [2.05, 4.69) is 27.7 Å². The number of rotatable bonds is 6. The van der Waals surface area contributed by atoms with Gasteiger partial charge in [-0.1, -0.05) is 46.5 Å². The van der Waals surface area contributed by atoms with Crippen molar-refractivity contribution in [1.82, 2.24) is 0 Å². The fraction of sp³-hybridized carbons (Fsp3) is 1.00. The normalized spacial score (nSPS) is 50.3. The number of aliphatic hydroxyl groups excluding tert-OH is 2. The van der Waals surface area contributed by atoms with Gasteiger partial charge in [0, 0.05) is 0 Å². The van der Waals surface area contributed by atoms with Crippen LogP contribution < -0.4 is 0 Å². The second kappa shape index (κ2) is 8.34. The van der Waals surface area contributed by atoms with E-state index in [1.54, 1.807) is 0 Å². The monoisotopic (exact) mass is 420 g/mol. The number of fused-ring (bicyclic) bond motifs is 5. The summed E-state index contributed by atoms with van der Waals surface area (Å²) in [5.41, 5.74) is -0.158. The first-order chi connectivity index (χ1) is 14.1. The summed E-state index contributed by atoms with van der Waals surface area (Å²) in [6.07, 6.45) is 13.9. The van der Waals surface area contributed by atoms with Crippen molar-refractivity contribution < 1.29 is 15.3 Å². The highest BCUT2D eigenvalue weighted by atomic mass is 16.3. The van der Waals surface area contributed by atoms with Crippen LogP contribution in [0.3, 0.4) is 0 Å². The van der Waals surface area contributed by atoms with Crippen molar-refractivity contribution in [2.45, 2.75) is 129 Å². The largest absolute Gasteiger partial charge is 0.393 e. The maximum atomic E-state index is 11.6. The average Bonchev–Trinajstić information content (AvgIpc) is 3.05. The molecule has 0 heterocycles. The molecule has 30 heavy (non-hydrogen) atoms. The number of unbranched alkanes of at least 4 members (excludes halogenated alkanes) is 3. The van der Waals surface area contributed by atoms with Gasteiger partial charge < -0.3 is 15.3 Å². The van der Waals surface area contributed by atoms with Gasteiger partial charge in [0.05, 0.1) is 17.8 Å². The van der Waals surface area contributed by atoms with Crippen molar-refractivity contribution in [2.24, 2.45) is 40.4 Å². The molecule has 0 radical (unpaired) electrons. The lowest BCUT2D eigenvalue weighted by molar-refractivity contribution is -0.179. The molecule has 3 heteroatoms. The third-order valence-electron chi connectivity index (χ3n) is 10.9. The lowest BCUT2D eigenvalue weighted by atomic mass is 9.43. The van der Waals surface area contributed by atoms with Crippen LogP contribution in [-0.2, 0) is 0 Å². The van der Waals surface area contributed by atoms with Crippen LogP contribution in [0.4, 0.5) is 0 Å². The smallest absolute Gasteiger partial charge is 0.0653 e. The van der Waals surface area contributed by atoms with Gasteiger partial charge in [0.25, 0.3) is 0 Å². The van der Waals surface area contributed by atoms with E-state index >= 15 is 0 Å². The van der Waals surface area contributed by atoms with E-state index in [1.807, 2.05) is 0 Å². The molecule has 4 aliphatic carbocycles. The van der Waals surface area contributed by atoms with Crippen LogP contribution in [-0.4, -0.2) is 33.1 Å². The SMILES string of the molecule is CCCCCC[C@](C)(O)[C@H]1CCC2C3C[C@H](O)[C@H]4C[C@@H](O)CCC4(C)C3CC[C@@]21C. The second-order valence-corrected chi connectivity index (χ2v) is 12.6. The van der Waals surface area contributed by atoms with Gasteiger partial charge in [0.1, 0.15) is 0 Å². The predicted octanol–water partition coefficient (Wildman–Crippen LogP) is 5.70. The molecular formula is C27H48O3. The minimum atomic E-state index is -0.557. The number of aliphatic hydroxyl groups is 3. The van der Waals surface area contributed by atoms with Crippen molar-refractivity contribution in [1.29, 1.82) is 0 Å². The molecule has 0 saturated heterocycles. The van der Waals surface area contributed by atoms with Gasteiger partial charge >= 0.3 is 0 Å². The average molecular weight is 421 g/mol. The van der Waals surface area contributed by atoms with E-state index in [9.17, 15) is 15.3 Å². The lowest BCUT2D eigenvalue weighted by Gasteiger charge is -2.62. The van der Waals surface area contributed by atoms with E-state index < -0.39 is 5.60 Å². The first kappa shape index (κ1) is 23.1. The zero-order valence-electron chi connectivity index (χ0n) is 20.1. The Morgan fingerprint density at radius 2 is 1.53 bits per heavy atom. The van der Waals surface area contributed by atoms with E-state index in [4.69, 9.17) is 0 Å². The Hall–Kier alpha value is -0.120. The summed E-state index contributed by atoms with van der Waals surface area (Å²) < 4.78 is 0. The van der Waals surface area contributed by atoms with E-state index in [1.165, 1.54) is 38.5 Å². The summed E-state index contributed by atoms with van der Waals surface area (Å²) in [4.78, 5) is 0. The molecule has 174 valence electrons. The van der Waals surface area contributed by atoms with E-state index in [-0.39, 0.29) is 29.0 Å². The van der Waals surface area contributed by atoms with Crippen LogP contribution in [0.1, 0.15) is 111 Å². The van der Waals surface area contributed by atoms with Gasteiger partial charge in [0.2, 0.25) is 0 Å². The second-order valence-electron chi connectivity index (χ2n) is 12.6. The first-order valence-electron chi connectivity index (χ1n) is 13.2. The highest BCUT2D eigenvalue weighted by Crippen LogP contribution is 2.68. The minimum Gasteiger partial charge on any atom is -0.393 e. The molecule has 3 nitrogen and oxygen atoms in total. The zero-order chi connectivity index (χ0) is 21.7. The molecule has 0 spiro atoms. The molecule has 0 aromatic rings. The van der Waals surface area contributed by atoms with Crippen LogP contribution in [0.15, 0.2) is 0 Å². The standard InChI is InChI=1S/C27H48O3/c1-5-6-7-8-13-27(4,30)24-10-9-20-19-17-23(29)22-16-18(28)11-14-25(22,2)21(19)12-15-26(20,24)3/h18-24,28-30H,5-17H2,1-4H3/t18-,19?,20?,21?,22+,23-,24-,25?,26-,27-/m0/s1. The summed E-state index contributed by atoms with van der Waals surface area (Å²) in [5, 5.41) is 33.0. The van der Waals surface area contributed by atoms with Crippen molar-refractivity contribution >= 4 is 0 Å². The fourth-order valence-corrected chi connectivity index (χ4v) is 9.38. The predicted molar refractivity (Wildman–Crippen MR) is 122 cm³/mol. The molecule has 0 aromatic heterocycles. The maximum absolute atomic E-state index is 11.6. The molecule has 0 aromatic carbocycles. The Morgan fingerprint density at radius 1 is 0.833 bits per heavy atom. The minimum absolute atomic E-state index is 0.184. The lowest BCUT2D eigenvalue weighted by Crippen LogP contribution is -2.59. The third kappa shape index (κ3) is 3.69. The van der Waals surface area contributed by atoms with E-state index in [0.29, 0.717) is 23.7 Å². The summed E-state index contributed by atoms with van der Waals surface area (Å²) in [7, 11) is 0. The maximum Gasteiger partial charge on any atom is 0.0653 e. The molecule has 4 saturated carbocycles. The van der Waals surface area contributed by atoms with Crippen molar-refractivity contribution in [3.8, 4) is 0 Å². The highest BCUT2D eigenvalue weighted by Gasteiger charge is 2.63.